The summed E-state index contributed by atoms with van der Waals surface area (Å²) in [6.07, 6.45) is 0.136. The van der Waals surface area contributed by atoms with Crippen LogP contribution in [-0.4, -0.2) is 23.7 Å². The molecule has 15 heavy (non-hydrogen) atoms. The van der Waals surface area contributed by atoms with Gasteiger partial charge < -0.3 is 16.2 Å². The van der Waals surface area contributed by atoms with E-state index in [0.717, 1.165) is 0 Å². The van der Waals surface area contributed by atoms with Gasteiger partial charge in [-0.3, -0.25) is 4.79 Å². The number of nitrogens with one attached hydrogen (secondary N) is 1. The molecule has 1 aromatic carbocycles. The number of nitrogen functional groups attached to an aromatic ring is 1. The third-order valence-electron chi connectivity index (χ3n) is 2.05. The van der Waals surface area contributed by atoms with Crippen molar-refractivity contribution in [1.82, 2.24) is 5.32 Å². The van der Waals surface area contributed by atoms with Gasteiger partial charge in [0, 0.05) is 12.2 Å². The van der Waals surface area contributed by atoms with Crippen molar-refractivity contribution >= 4 is 11.6 Å². The average molecular weight is 208 g/mol. The van der Waals surface area contributed by atoms with Crippen molar-refractivity contribution < 1.29 is 9.90 Å². The molecule has 0 spiro atoms. The number of carbonyl (C=O) groups is 1. The van der Waals surface area contributed by atoms with Crippen molar-refractivity contribution in [2.45, 2.75) is 19.4 Å². The molecule has 0 radical (unpaired) electrons. The van der Waals surface area contributed by atoms with Gasteiger partial charge in [0.1, 0.15) is 0 Å². The lowest BCUT2D eigenvalue weighted by Gasteiger charge is -2.08. The predicted molar refractivity (Wildman–Crippen MR) is 59.5 cm³/mol. The quantitative estimate of drug-likeness (QED) is 0.640. The minimum atomic E-state index is -0.404. The van der Waals surface area contributed by atoms with E-state index in [4.69, 9.17) is 10.8 Å². The summed E-state index contributed by atoms with van der Waals surface area (Å²) in [5.74, 6) is -0.200. The van der Waals surface area contributed by atoms with Gasteiger partial charge in [-0.25, -0.2) is 0 Å². The van der Waals surface area contributed by atoms with Crippen LogP contribution in [0.1, 0.15) is 23.7 Å². The predicted octanol–water partition coefficient (Wildman–Crippen LogP) is 0.770. The number of para-hydroxylation sites is 1. The van der Waals surface area contributed by atoms with Crippen molar-refractivity contribution in [2.75, 3.05) is 12.3 Å². The minimum absolute atomic E-state index is 0.200. The van der Waals surface area contributed by atoms with Crippen LogP contribution in [0.15, 0.2) is 24.3 Å². The number of benzene rings is 1. The van der Waals surface area contributed by atoms with Gasteiger partial charge in [0.05, 0.1) is 11.7 Å². The van der Waals surface area contributed by atoms with Crippen LogP contribution in [0.25, 0.3) is 0 Å². The molecule has 0 aliphatic carbocycles. The Morgan fingerprint density at radius 3 is 2.80 bits per heavy atom. The molecular formula is C11H16N2O2. The first-order valence-electron chi connectivity index (χ1n) is 4.92. The molecule has 0 aliphatic heterocycles. The first kappa shape index (κ1) is 11.5. The van der Waals surface area contributed by atoms with E-state index in [1.807, 2.05) is 0 Å². The van der Waals surface area contributed by atoms with Gasteiger partial charge in [-0.2, -0.15) is 0 Å². The monoisotopic (exact) mass is 208 g/mol. The van der Waals surface area contributed by atoms with E-state index in [9.17, 15) is 4.79 Å². The van der Waals surface area contributed by atoms with E-state index in [0.29, 0.717) is 24.2 Å². The Morgan fingerprint density at radius 2 is 2.20 bits per heavy atom. The second-order valence-electron chi connectivity index (χ2n) is 3.48. The van der Waals surface area contributed by atoms with E-state index in [-0.39, 0.29) is 5.91 Å². The summed E-state index contributed by atoms with van der Waals surface area (Å²) in [6, 6.07) is 6.90. The maximum Gasteiger partial charge on any atom is 0.253 e. The zero-order chi connectivity index (χ0) is 11.3. The lowest BCUT2D eigenvalue weighted by Crippen LogP contribution is -2.27. The summed E-state index contributed by atoms with van der Waals surface area (Å²) in [5.41, 5.74) is 6.58. The highest BCUT2D eigenvalue weighted by Crippen LogP contribution is 2.09. The summed E-state index contributed by atoms with van der Waals surface area (Å²) >= 11 is 0. The lowest BCUT2D eigenvalue weighted by molar-refractivity contribution is 0.0946. The highest BCUT2D eigenvalue weighted by molar-refractivity contribution is 5.98. The Labute approximate surface area is 89.1 Å². The molecule has 1 atom stereocenters. The van der Waals surface area contributed by atoms with Gasteiger partial charge >= 0.3 is 0 Å². The molecule has 0 bridgehead atoms. The molecule has 0 aromatic heterocycles. The van der Waals surface area contributed by atoms with Gasteiger partial charge in [0.2, 0.25) is 0 Å². The van der Waals surface area contributed by atoms with Crippen molar-refractivity contribution in [3.05, 3.63) is 29.8 Å². The van der Waals surface area contributed by atoms with E-state index in [1.54, 1.807) is 31.2 Å². The molecule has 0 saturated carbocycles. The second kappa shape index (κ2) is 5.36. The first-order valence-corrected chi connectivity index (χ1v) is 4.92. The normalized spacial score (nSPS) is 12.1. The number of hydrogen-bond donors (Lipinski definition) is 3. The largest absolute Gasteiger partial charge is 0.398 e. The Bertz CT molecular complexity index is 337. The molecule has 0 fully saturated rings. The van der Waals surface area contributed by atoms with Crippen LogP contribution in [0.5, 0.6) is 0 Å². The zero-order valence-corrected chi connectivity index (χ0v) is 8.73. The van der Waals surface area contributed by atoms with E-state index >= 15 is 0 Å². The van der Waals surface area contributed by atoms with E-state index < -0.39 is 6.10 Å². The SMILES string of the molecule is CC(O)CCNC(=O)c1ccccc1N. The van der Waals surface area contributed by atoms with Crippen LogP contribution in [0.3, 0.4) is 0 Å². The number of carbonyl (C=O) groups excluding carboxylic acids is 1. The van der Waals surface area contributed by atoms with Crippen molar-refractivity contribution in [3.8, 4) is 0 Å². The molecule has 4 heteroatoms. The van der Waals surface area contributed by atoms with Gasteiger partial charge in [-0.05, 0) is 25.5 Å². The molecule has 0 saturated heterocycles. The van der Waals surface area contributed by atoms with Crippen LogP contribution in [-0.2, 0) is 0 Å². The van der Waals surface area contributed by atoms with Crippen molar-refractivity contribution in [1.29, 1.82) is 0 Å². The summed E-state index contributed by atoms with van der Waals surface area (Å²) in [6.45, 7) is 2.13. The fourth-order valence-corrected chi connectivity index (χ4v) is 1.19. The van der Waals surface area contributed by atoms with E-state index in [1.165, 1.54) is 0 Å². The number of rotatable bonds is 4. The van der Waals surface area contributed by atoms with Gasteiger partial charge in [-0.15, -0.1) is 0 Å². The molecule has 4 N–H and O–H groups in total. The van der Waals surface area contributed by atoms with Crippen LogP contribution in [0.4, 0.5) is 5.69 Å². The van der Waals surface area contributed by atoms with Crippen molar-refractivity contribution in [3.63, 3.8) is 0 Å². The summed E-state index contributed by atoms with van der Waals surface area (Å²) in [4.78, 5) is 11.6. The topological polar surface area (TPSA) is 75.3 Å². The molecule has 1 amide bonds. The smallest absolute Gasteiger partial charge is 0.253 e. The Hall–Kier alpha value is -1.55. The Morgan fingerprint density at radius 1 is 1.53 bits per heavy atom. The van der Waals surface area contributed by atoms with Gasteiger partial charge in [0.25, 0.3) is 5.91 Å². The first-order chi connectivity index (χ1) is 7.11. The average Bonchev–Trinajstić information content (AvgIpc) is 2.17. The number of aliphatic hydroxyl groups is 1. The number of amides is 1. The molecular weight excluding hydrogens is 192 g/mol. The number of hydrogen-bond acceptors (Lipinski definition) is 3. The van der Waals surface area contributed by atoms with E-state index in [2.05, 4.69) is 5.32 Å². The fourth-order valence-electron chi connectivity index (χ4n) is 1.19. The standard InChI is InChI=1S/C11H16N2O2/c1-8(14)6-7-13-11(15)9-4-2-3-5-10(9)12/h2-5,8,14H,6-7,12H2,1H3,(H,13,15). The molecule has 1 aromatic rings. The number of aliphatic hydroxyl groups excluding tert-OH is 1. The third kappa shape index (κ3) is 3.59. The van der Waals surface area contributed by atoms with Crippen LogP contribution in [0.2, 0.25) is 0 Å². The van der Waals surface area contributed by atoms with Gasteiger partial charge in [-0.1, -0.05) is 12.1 Å². The molecule has 1 rings (SSSR count). The van der Waals surface area contributed by atoms with Crippen LogP contribution >= 0.6 is 0 Å². The maximum absolute atomic E-state index is 11.6. The van der Waals surface area contributed by atoms with Crippen molar-refractivity contribution in [2.24, 2.45) is 0 Å². The lowest BCUT2D eigenvalue weighted by atomic mass is 10.1. The number of anilines is 1. The fraction of sp³-hybridized carbons (Fsp3) is 0.364. The molecule has 82 valence electrons. The molecule has 1 unspecified atom stereocenters. The Kier molecular flexibility index (Phi) is 4.12. The number of nitrogens with two attached hydrogens (primary N) is 1. The summed E-state index contributed by atoms with van der Waals surface area (Å²) in [5, 5.41) is 11.7. The van der Waals surface area contributed by atoms with Crippen LogP contribution in [0, 0.1) is 0 Å². The Balaban J connectivity index is 2.51. The van der Waals surface area contributed by atoms with Gasteiger partial charge in [0.15, 0.2) is 0 Å². The minimum Gasteiger partial charge on any atom is -0.398 e. The maximum atomic E-state index is 11.6. The highest BCUT2D eigenvalue weighted by atomic mass is 16.3. The summed E-state index contributed by atoms with van der Waals surface area (Å²) in [7, 11) is 0. The summed E-state index contributed by atoms with van der Waals surface area (Å²) < 4.78 is 0. The highest BCUT2D eigenvalue weighted by Gasteiger charge is 2.07. The molecule has 0 aliphatic rings. The molecule has 4 nitrogen and oxygen atoms in total. The molecule has 0 heterocycles. The zero-order valence-electron chi connectivity index (χ0n) is 8.73. The third-order valence-corrected chi connectivity index (χ3v) is 2.05. The van der Waals surface area contributed by atoms with Crippen LogP contribution < -0.4 is 11.1 Å². The second-order valence-corrected chi connectivity index (χ2v) is 3.48.